The highest BCUT2D eigenvalue weighted by molar-refractivity contribution is 5.78. The van der Waals surface area contributed by atoms with Gasteiger partial charge in [-0.25, -0.2) is 0 Å². The third-order valence-corrected chi connectivity index (χ3v) is 3.60. The Morgan fingerprint density at radius 2 is 2.00 bits per heavy atom. The summed E-state index contributed by atoms with van der Waals surface area (Å²) in [6, 6.07) is 16.6. The van der Waals surface area contributed by atoms with Crippen molar-refractivity contribution in [3.05, 3.63) is 66.2 Å². The molecule has 0 bridgehead atoms. The molecule has 1 atom stereocenters. The van der Waals surface area contributed by atoms with Crippen LogP contribution >= 0.6 is 0 Å². The maximum Gasteiger partial charge on any atom is 0.121 e. The van der Waals surface area contributed by atoms with Gasteiger partial charge in [0.2, 0.25) is 0 Å². The van der Waals surface area contributed by atoms with Gasteiger partial charge in [-0.2, -0.15) is 0 Å². The van der Waals surface area contributed by atoms with Gasteiger partial charge in [0, 0.05) is 17.5 Å². The van der Waals surface area contributed by atoms with Crippen LogP contribution in [0.15, 0.2) is 59.2 Å². The molecule has 0 aliphatic rings. The Labute approximate surface area is 125 Å². The molecule has 3 nitrogen and oxygen atoms in total. The highest BCUT2D eigenvalue weighted by Gasteiger charge is 2.15. The number of nitrogens with zero attached hydrogens (tertiary/aromatic N) is 1. The number of rotatable bonds is 6. The first-order chi connectivity index (χ1) is 10.4. The van der Waals surface area contributed by atoms with E-state index in [4.69, 9.17) is 9.40 Å². The number of hydrogen-bond acceptors (Lipinski definition) is 3. The molecule has 0 amide bonds. The Balaban J connectivity index is 1.83. The Bertz CT molecular complexity index is 691. The molecular weight excluding hydrogens is 260 g/mol. The second kappa shape index (κ2) is 6.55. The van der Waals surface area contributed by atoms with Crippen LogP contribution in [0, 0.1) is 0 Å². The van der Waals surface area contributed by atoms with Crippen molar-refractivity contribution >= 4 is 10.9 Å². The lowest BCUT2D eigenvalue weighted by Crippen LogP contribution is -2.24. The summed E-state index contributed by atoms with van der Waals surface area (Å²) in [5.41, 5.74) is 2.13. The summed E-state index contributed by atoms with van der Waals surface area (Å²) in [4.78, 5) is 4.75. The van der Waals surface area contributed by atoms with Crippen LogP contribution in [0.3, 0.4) is 0 Å². The molecule has 108 valence electrons. The van der Waals surface area contributed by atoms with E-state index in [0.717, 1.165) is 36.4 Å². The first-order valence-corrected chi connectivity index (χ1v) is 7.48. The van der Waals surface area contributed by atoms with E-state index in [2.05, 4.69) is 36.5 Å². The average molecular weight is 280 g/mol. The number of nitrogens with one attached hydrogen (secondary N) is 1. The van der Waals surface area contributed by atoms with Crippen LogP contribution < -0.4 is 5.32 Å². The average Bonchev–Trinajstić information content (AvgIpc) is 3.05. The van der Waals surface area contributed by atoms with Gasteiger partial charge in [0.1, 0.15) is 5.76 Å². The van der Waals surface area contributed by atoms with Crippen molar-refractivity contribution < 1.29 is 4.42 Å². The van der Waals surface area contributed by atoms with Crippen molar-refractivity contribution in [2.45, 2.75) is 25.8 Å². The topological polar surface area (TPSA) is 38.1 Å². The van der Waals surface area contributed by atoms with Crippen LogP contribution in [0.4, 0.5) is 0 Å². The molecule has 2 aromatic heterocycles. The van der Waals surface area contributed by atoms with Gasteiger partial charge in [-0.15, -0.1) is 0 Å². The van der Waals surface area contributed by atoms with Crippen LogP contribution in [0.5, 0.6) is 0 Å². The van der Waals surface area contributed by atoms with Gasteiger partial charge in [0.15, 0.2) is 0 Å². The summed E-state index contributed by atoms with van der Waals surface area (Å²) < 4.78 is 5.56. The number of para-hydroxylation sites is 1. The van der Waals surface area contributed by atoms with E-state index in [0.29, 0.717) is 0 Å². The Morgan fingerprint density at radius 1 is 1.10 bits per heavy atom. The van der Waals surface area contributed by atoms with Crippen molar-refractivity contribution in [2.75, 3.05) is 6.54 Å². The zero-order valence-corrected chi connectivity index (χ0v) is 12.3. The molecule has 0 spiro atoms. The third kappa shape index (κ3) is 3.31. The van der Waals surface area contributed by atoms with Gasteiger partial charge in [0.25, 0.3) is 0 Å². The van der Waals surface area contributed by atoms with Gasteiger partial charge in [-0.1, -0.05) is 31.2 Å². The summed E-state index contributed by atoms with van der Waals surface area (Å²) in [5, 5.41) is 4.71. The van der Waals surface area contributed by atoms with Crippen LogP contribution in [0.1, 0.15) is 30.8 Å². The fourth-order valence-electron chi connectivity index (χ4n) is 2.51. The summed E-state index contributed by atoms with van der Waals surface area (Å²) in [7, 11) is 0. The molecule has 1 unspecified atom stereocenters. The number of benzene rings is 1. The highest BCUT2D eigenvalue weighted by Crippen LogP contribution is 2.20. The smallest absolute Gasteiger partial charge is 0.121 e. The van der Waals surface area contributed by atoms with E-state index in [1.165, 1.54) is 5.39 Å². The van der Waals surface area contributed by atoms with Crippen molar-refractivity contribution in [3.63, 3.8) is 0 Å². The van der Waals surface area contributed by atoms with E-state index < -0.39 is 0 Å². The van der Waals surface area contributed by atoms with Gasteiger partial charge in [-0.3, -0.25) is 4.98 Å². The molecule has 0 saturated carbocycles. The van der Waals surface area contributed by atoms with Crippen LogP contribution in [0.25, 0.3) is 10.9 Å². The van der Waals surface area contributed by atoms with Gasteiger partial charge >= 0.3 is 0 Å². The minimum Gasteiger partial charge on any atom is -0.468 e. The van der Waals surface area contributed by atoms with Gasteiger partial charge < -0.3 is 9.73 Å². The SMILES string of the molecule is CCCNC(Cc1ccc2ccccc2n1)c1ccco1. The lowest BCUT2D eigenvalue weighted by Gasteiger charge is -2.16. The molecule has 0 radical (unpaired) electrons. The zero-order chi connectivity index (χ0) is 14.5. The van der Waals surface area contributed by atoms with E-state index in [-0.39, 0.29) is 6.04 Å². The standard InChI is InChI=1S/C18H20N2O/c1-2-11-19-17(18-8-5-12-21-18)13-15-10-9-14-6-3-4-7-16(14)20-15/h3-10,12,17,19H,2,11,13H2,1H3. The number of fused-ring (bicyclic) bond motifs is 1. The molecule has 0 aliphatic carbocycles. The highest BCUT2D eigenvalue weighted by atomic mass is 16.3. The monoisotopic (exact) mass is 280 g/mol. The van der Waals surface area contributed by atoms with Crippen molar-refractivity contribution in [1.29, 1.82) is 0 Å². The second-order valence-corrected chi connectivity index (χ2v) is 5.22. The Hall–Kier alpha value is -2.13. The quantitative estimate of drug-likeness (QED) is 0.738. The maximum absolute atomic E-state index is 5.56. The van der Waals surface area contributed by atoms with E-state index in [1.54, 1.807) is 6.26 Å². The molecule has 0 saturated heterocycles. The molecule has 3 rings (SSSR count). The molecule has 1 N–H and O–H groups in total. The molecule has 3 aromatic rings. The number of furan rings is 1. The molecule has 3 heteroatoms. The van der Waals surface area contributed by atoms with E-state index in [1.807, 2.05) is 24.3 Å². The molecule has 21 heavy (non-hydrogen) atoms. The third-order valence-electron chi connectivity index (χ3n) is 3.60. The van der Waals surface area contributed by atoms with E-state index >= 15 is 0 Å². The Morgan fingerprint density at radius 3 is 2.81 bits per heavy atom. The molecular formula is C18H20N2O. The van der Waals surface area contributed by atoms with Crippen LogP contribution in [0.2, 0.25) is 0 Å². The first kappa shape index (κ1) is 13.8. The van der Waals surface area contributed by atoms with E-state index in [9.17, 15) is 0 Å². The summed E-state index contributed by atoms with van der Waals surface area (Å²) in [6.45, 7) is 3.14. The number of aromatic nitrogens is 1. The lowest BCUT2D eigenvalue weighted by molar-refractivity contribution is 0.408. The number of pyridine rings is 1. The lowest BCUT2D eigenvalue weighted by atomic mass is 10.1. The van der Waals surface area contributed by atoms with Crippen LogP contribution in [-0.4, -0.2) is 11.5 Å². The summed E-state index contributed by atoms with van der Waals surface area (Å²) >= 11 is 0. The van der Waals surface area contributed by atoms with Crippen LogP contribution in [-0.2, 0) is 6.42 Å². The van der Waals surface area contributed by atoms with Crippen molar-refractivity contribution in [3.8, 4) is 0 Å². The van der Waals surface area contributed by atoms with Gasteiger partial charge in [0.05, 0.1) is 17.8 Å². The van der Waals surface area contributed by atoms with Crippen molar-refractivity contribution in [2.24, 2.45) is 0 Å². The van der Waals surface area contributed by atoms with Crippen molar-refractivity contribution in [1.82, 2.24) is 10.3 Å². The molecule has 1 aromatic carbocycles. The Kier molecular flexibility index (Phi) is 4.31. The summed E-state index contributed by atoms with van der Waals surface area (Å²) in [5.74, 6) is 0.971. The second-order valence-electron chi connectivity index (χ2n) is 5.22. The van der Waals surface area contributed by atoms with Gasteiger partial charge in [-0.05, 0) is 37.2 Å². The molecule has 0 aliphatic heterocycles. The predicted molar refractivity (Wildman–Crippen MR) is 85.2 cm³/mol. The fourth-order valence-corrected chi connectivity index (χ4v) is 2.51. The summed E-state index contributed by atoms with van der Waals surface area (Å²) in [6.07, 6.45) is 3.66. The maximum atomic E-state index is 5.56. The number of hydrogen-bond donors (Lipinski definition) is 1. The minimum absolute atomic E-state index is 0.175. The molecule has 0 fully saturated rings. The predicted octanol–water partition coefficient (Wildman–Crippen LogP) is 4.11. The minimum atomic E-state index is 0.175. The molecule has 2 heterocycles. The first-order valence-electron chi connectivity index (χ1n) is 7.48. The fraction of sp³-hybridized carbons (Fsp3) is 0.278. The zero-order valence-electron chi connectivity index (χ0n) is 12.3. The largest absolute Gasteiger partial charge is 0.468 e. The normalized spacial score (nSPS) is 12.6.